The third-order valence-corrected chi connectivity index (χ3v) is 5.25. The number of hydrogen-bond acceptors (Lipinski definition) is 9. The predicted octanol–water partition coefficient (Wildman–Crippen LogP) is 4.18. The fourth-order valence-corrected chi connectivity index (χ4v) is 4.07. The first kappa shape index (κ1) is 36.4. The number of nitrogens with zero attached hydrogens (tertiary/aromatic N) is 2. The van der Waals surface area contributed by atoms with Crippen LogP contribution in [0.1, 0.15) is 100 Å². The van der Waals surface area contributed by atoms with Gasteiger partial charge in [0.2, 0.25) is 0 Å². The average molecular weight is 531 g/mol. The summed E-state index contributed by atoms with van der Waals surface area (Å²) < 4.78 is 10.7. The van der Waals surface area contributed by atoms with Crippen LogP contribution < -0.4 is 0 Å². The Kier molecular flexibility index (Phi) is 18.2. The number of aliphatic hydroxyl groups excluding tert-OH is 1. The summed E-state index contributed by atoms with van der Waals surface area (Å²) in [4.78, 5) is 59.9. The Balaban J connectivity index is 0. The third kappa shape index (κ3) is 18.2. The van der Waals surface area contributed by atoms with Crippen molar-refractivity contribution in [3.63, 3.8) is 0 Å². The minimum absolute atomic E-state index is 0.134. The summed E-state index contributed by atoms with van der Waals surface area (Å²) in [6, 6.07) is 0.541. The third-order valence-electron chi connectivity index (χ3n) is 5.25. The van der Waals surface area contributed by atoms with Gasteiger partial charge in [0.25, 0.3) is 0 Å². The fourth-order valence-electron chi connectivity index (χ4n) is 4.07. The van der Waals surface area contributed by atoms with Crippen LogP contribution in [0.25, 0.3) is 0 Å². The van der Waals surface area contributed by atoms with E-state index in [0.717, 1.165) is 51.6 Å². The van der Waals surface area contributed by atoms with Gasteiger partial charge in [0.1, 0.15) is 11.2 Å². The molecule has 2 amide bonds. The molecular formula is C26H46N2O9. The van der Waals surface area contributed by atoms with Crippen molar-refractivity contribution in [3.05, 3.63) is 0 Å². The zero-order valence-electron chi connectivity index (χ0n) is 23.7. The molecule has 2 heterocycles. The number of carbonyl (C=O) groups is 2. The molecule has 0 radical (unpaired) electrons. The van der Waals surface area contributed by atoms with Crippen LogP contribution in [-0.2, 0) is 28.7 Å². The minimum Gasteiger partial charge on any atom is -0.444 e. The molecule has 2 saturated heterocycles. The van der Waals surface area contributed by atoms with Crippen molar-refractivity contribution in [1.82, 2.24) is 9.80 Å². The zero-order valence-corrected chi connectivity index (χ0v) is 23.7. The fraction of sp³-hybridized carbons (Fsp3) is 0.846. The van der Waals surface area contributed by atoms with Crippen LogP contribution >= 0.6 is 0 Å². The van der Waals surface area contributed by atoms with Crippen LogP contribution in [0.2, 0.25) is 0 Å². The molecule has 0 bridgehead atoms. The maximum absolute atomic E-state index is 11.9. The largest absolute Gasteiger partial charge is 0.444 e. The number of amides is 2. The number of carbonyl (C=O) groups excluding carboxylic acids is 6. The van der Waals surface area contributed by atoms with E-state index < -0.39 is 5.60 Å². The Morgan fingerprint density at radius 1 is 0.838 bits per heavy atom. The van der Waals surface area contributed by atoms with Crippen LogP contribution in [0.15, 0.2) is 0 Å². The van der Waals surface area contributed by atoms with Crippen LogP contribution in [0.3, 0.4) is 0 Å². The molecule has 2 aliphatic rings. The molecule has 0 aromatic heterocycles. The van der Waals surface area contributed by atoms with Crippen LogP contribution in [-0.4, -0.2) is 81.9 Å². The quantitative estimate of drug-likeness (QED) is 0.565. The Morgan fingerprint density at radius 3 is 1.51 bits per heavy atom. The summed E-state index contributed by atoms with van der Waals surface area (Å²) in [5.74, 6) is 0. The molecule has 0 saturated carbocycles. The molecule has 214 valence electrons. The van der Waals surface area contributed by atoms with Crippen molar-refractivity contribution < 1.29 is 43.3 Å². The predicted molar refractivity (Wildman–Crippen MR) is 133 cm³/mol. The number of likely N-dealkylation sites (tertiary alicyclic amines) is 2. The van der Waals surface area contributed by atoms with Crippen molar-refractivity contribution in [3.8, 4) is 0 Å². The summed E-state index contributed by atoms with van der Waals surface area (Å²) in [7, 11) is 0. The highest BCUT2D eigenvalue weighted by atomic mass is 16.6. The zero-order chi connectivity index (χ0) is 29.2. The highest BCUT2D eigenvalue weighted by Crippen LogP contribution is 2.24. The van der Waals surface area contributed by atoms with E-state index >= 15 is 0 Å². The summed E-state index contributed by atoms with van der Waals surface area (Å²) in [6.45, 7) is 16.9. The highest BCUT2D eigenvalue weighted by Gasteiger charge is 2.33. The maximum Gasteiger partial charge on any atom is 0.410 e. The van der Waals surface area contributed by atoms with Gasteiger partial charge >= 0.3 is 24.5 Å². The molecule has 0 aromatic rings. The molecule has 0 spiro atoms. The molecular weight excluding hydrogens is 484 g/mol. The molecule has 0 aliphatic carbocycles. The monoisotopic (exact) mass is 530 g/mol. The lowest BCUT2D eigenvalue weighted by atomic mass is 10.1. The molecule has 2 rings (SSSR count). The number of rotatable bonds is 4. The maximum atomic E-state index is 11.9. The van der Waals surface area contributed by atoms with E-state index in [1.54, 1.807) is 11.8 Å². The van der Waals surface area contributed by atoms with Crippen molar-refractivity contribution in [2.24, 2.45) is 0 Å². The molecule has 2 aliphatic heterocycles. The molecule has 2 fully saturated rings. The Bertz CT molecular complexity index is 717. The van der Waals surface area contributed by atoms with Gasteiger partial charge in [-0.15, -0.1) is 0 Å². The van der Waals surface area contributed by atoms with Gasteiger partial charge in [0.15, 0.2) is 0 Å². The van der Waals surface area contributed by atoms with Gasteiger partial charge in [0.05, 0.1) is 6.10 Å². The number of hydrogen-bond donors (Lipinski definition) is 1. The van der Waals surface area contributed by atoms with E-state index in [-0.39, 0.29) is 42.2 Å². The molecule has 1 unspecified atom stereocenters. The van der Waals surface area contributed by atoms with Crippen LogP contribution in [0, 0.1) is 0 Å². The first-order valence-electron chi connectivity index (χ1n) is 12.7. The minimum atomic E-state index is -0.449. The number of aliphatic hydroxyl groups is 1. The second kappa shape index (κ2) is 18.5. The topological polar surface area (TPSA) is 148 Å². The molecule has 0 aromatic carbocycles. The normalized spacial score (nSPS) is 19.4. The van der Waals surface area contributed by atoms with Gasteiger partial charge in [0, 0.05) is 25.2 Å². The van der Waals surface area contributed by atoms with E-state index in [4.69, 9.17) is 28.7 Å². The lowest BCUT2D eigenvalue weighted by Crippen LogP contribution is -2.40. The molecule has 37 heavy (non-hydrogen) atoms. The van der Waals surface area contributed by atoms with Crippen molar-refractivity contribution in [1.29, 1.82) is 0 Å². The Hall–Kier alpha value is -2.74. The number of ether oxygens (including phenoxy) is 2. The summed E-state index contributed by atoms with van der Waals surface area (Å²) in [5.41, 5.74) is -0.828. The van der Waals surface area contributed by atoms with Crippen molar-refractivity contribution in [2.45, 2.75) is 130 Å². The van der Waals surface area contributed by atoms with Gasteiger partial charge in [-0.1, -0.05) is 13.3 Å². The van der Waals surface area contributed by atoms with E-state index in [2.05, 4.69) is 6.92 Å². The van der Waals surface area contributed by atoms with Gasteiger partial charge in [-0.2, -0.15) is 19.2 Å². The Morgan fingerprint density at radius 2 is 1.19 bits per heavy atom. The second-order valence-electron chi connectivity index (χ2n) is 11.0. The van der Waals surface area contributed by atoms with E-state index in [1.165, 1.54) is 0 Å². The molecule has 3 atom stereocenters. The smallest absolute Gasteiger partial charge is 0.410 e. The SMILES string of the molecule is CC(O)C[C@@H]1CCCN1C(=O)OC(C)(C)C.CCC[C@@H]1CCCN1C(=O)OC(C)(C)C.O=C=O.O=C=O. The highest BCUT2D eigenvalue weighted by molar-refractivity contribution is 5.69. The summed E-state index contributed by atoms with van der Waals surface area (Å²) >= 11 is 0. The van der Waals surface area contributed by atoms with Gasteiger partial charge < -0.3 is 24.4 Å². The van der Waals surface area contributed by atoms with Gasteiger partial charge in [-0.3, -0.25) is 0 Å². The summed E-state index contributed by atoms with van der Waals surface area (Å²) in [5, 5.41) is 9.37. The first-order valence-corrected chi connectivity index (χ1v) is 12.7. The van der Waals surface area contributed by atoms with E-state index in [1.807, 2.05) is 46.4 Å². The summed E-state index contributed by atoms with van der Waals surface area (Å²) in [6.07, 6.45) is 6.81. The first-order chi connectivity index (χ1) is 17.1. The lowest BCUT2D eigenvalue weighted by molar-refractivity contribution is -0.193. The standard InChI is InChI=1S/C12H23NO3.C12H23NO2.2CO2/c1-9(14)8-10-6-5-7-13(10)11(15)16-12(2,3)4;1-5-7-10-8-6-9-13(10)11(14)15-12(2,3)4;2*2-1-3/h9-10,14H,5-8H2,1-4H3;10H,5-9H2,1-4H3;;/t9?,10-;10-;;/m01../s1. The van der Waals surface area contributed by atoms with Crippen molar-refractivity contribution >= 4 is 24.5 Å². The average Bonchev–Trinajstić information content (AvgIpc) is 3.36. The van der Waals surface area contributed by atoms with E-state index in [9.17, 15) is 14.7 Å². The molecule has 11 heteroatoms. The van der Waals surface area contributed by atoms with Crippen LogP contribution in [0.5, 0.6) is 0 Å². The van der Waals surface area contributed by atoms with Gasteiger partial charge in [-0.25, -0.2) is 9.59 Å². The Labute approximate surface area is 220 Å². The van der Waals surface area contributed by atoms with Crippen LogP contribution in [0.4, 0.5) is 9.59 Å². The molecule has 1 N–H and O–H groups in total. The van der Waals surface area contributed by atoms with E-state index in [0.29, 0.717) is 12.5 Å². The van der Waals surface area contributed by atoms with Crippen molar-refractivity contribution in [2.75, 3.05) is 13.1 Å². The lowest BCUT2D eigenvalue weighted by Gasteiger charge is -2.29. The second-order valence-corrected chi connectivity index (χ2v) is 11.0. The van der Waals surface area contributed by atoms with Gasteiger partial charge in [-0.05, 0) is 87.0 Å². The molecule has 11 nitrogen and oxygen atoms in total.